The van der Waals surface area contributed by atoms with Gasteiger partial charge in [0.2, 0.25) is 0 Å². The Balaban J connectivity index is 1.51. The average Bonchev–Trinajstić information content (AvgIpc) is 4.00. The first-order chi connectivity index (χ1) is 36.8. The molecule has 50 heavy (non-hydrogen) atoms. The second-order valence-electron chi connectivity index (χ2n) is 11.0. The van der Waals surface area contributed by atoms with Gasteiger partial charge >= 0.3 is 0 Å². The third-order valence-corrected chi connectivity index (χ3v) is 8.25. The zero-order valence-electron chi connectivity index (χ0n) is 54.4. The molecule has 0 amide bonds. The number of furan rings is 1. The van der Waals surface area contributed by atoms with Gasteiger partial charge < -0.3 is 4.42 Å². The smallest absolute Gasteiger partial charge is 0.143 e. The molecule has 0 radical (unpaired) electrons. The maximum absolute atomic E-state index is 9.97. The molecule has 10 aromatic rings. The summed E-state index contributed by atoms with van der Waals surface area (Å²) >= 11 is 0. The number of rotatable bonds is 4. The van der Waals surface area contributed by atoms with E-state index in [1.54, 1.807) is 0 Å². The van der Waals surface area contributed by atoms with Crippen LogP contribution in [0.3, 0.4) is 0 Å². The third-order valence-electron chi connectivity index (χ3n) is 8.25. The molecule has 1 heteroatoms. The van der Waals surface area contributed by atoms with E-state index >= 15 is 0 Å². The van der Waals surface area contributed by atoms with Crippen LogP contribution in [0.5, 0.6) is 0 Å². The highest BCUT2D eigenvalue weighted by Gasteiger charge is 2.21. The summed E-state index contributed by atoms with van der Waals surface area (Å²) < 4.78 is 269. The first-order valence-corrected chi connectivity index (χ1v) is 14.9. The molecular weight excluding hydrogens is 605 g/mol. The van der Waals surface area contributed by atoms with Gasteiger partial charge in [-0.05, 0) is 102 Å². The lowest BCUT2D eigenvalue weighted by molar-refractivity contribution is 0.670. The van der Waals surface area contributed by atoms with Crippen molar-refractivity contribution in [3.05, 3.63) is 181 Å². The molecule has 0 bridgehead atoms. The average molecular weight is 666 g/mol. The first-order valence-electron chi connectivity index (χ1n) is 29.4. The van der Waals surface area contributed by atoms with E-state index in [0.717, 1.165) is 0 Å². The van der Waals surface area contributed by atoms with Crippen molar-refractivity contribution in [1.82, 2.24) is 0 Å². The number of benzene rings is 9. The van der Waals surface area contributed by atoms with Crippen molar-refractivity contribution in [3.63, 3.8) is 0 Å². The molecule has 0 aliphatic heterocycles. The van der Waals surface area contributed by atoms with Crippen molar-refractivity contribution in [1.29, 1.82) is 0 Å². The summed E-state index contributed by atoms with van der Waals surface area (Å²) in [7, 11) is 0. The lowest BCUT2D eigenvalue weighted by atomic mass is 9.84. The van der Waals surface area contributed by atoms with Gasteiger partial charge in [0.25, 0.3) is 0 Å². The van der Waals surface area contributed by atoms with Crippen molar-refractivity contribution in [2.45, 2.75) is 6.92 Å². The molecule has 0 N–H and O–H groups in total. The summed E-state index contributed by atoms with van der Waals surface area (Å²) in [5, 5.41) is -5.35. The maximum atomic E-state index is 9.97. The minimum atomic E-state index is -1.02. The van der Waals surface area contributed by atoms with Crippen LogP contribution >= 0.6 is 0 Å². The Labute approximate surface area is 331 Å². The largest absolute Gasteiger partial charge is 0.455 e. The van der Waals surface area contributed by atoms with Crippen LogP contribution in [0.15, 0.2) is 180 Å². The number of hydrogen-bond donors (Lipinski definition) is 0. The van der Waals surface area contributed by atoms with Gasteiger partial charge in [-0.2, -0.15) is 0 Å². The first kappa shape index (κ1) is 11.9. The van der Waals surface area contributed by atoms with Crippen LogP contribution < -0.4 is 0 Å². The molecule has 1 heterocycles. The Kier molecular flexibility index (Phi) is 2.69. The standard InChI is InChI=1S/C49H32O/c1-31-25-26-36(30-44(31)35-28-27-32-13-5-6-16-34(32)29-35)46-38-17-7-9-19-40(38)47(41-20-10-8-18-39(41)46)42-22-12-24-45-48(42)43-23-11-21-37(49(43)50-45)33-14-3-2-4-15-33/h2-30H,1H3/i2D,3D,4D,5D,6D,7D,8D,9D,10D,11D,12D,13D,14D,15D,16D,17D,18D,19D,20D,21D,22D,23D,24D,25D,26D,27D,28D,29D,30D. The summed E-state index contributed by atoms with van der Waals surface area (Å²) in [4.78, 5) is 0. The van der Waals surface area contributed by atoms with Gasteiger partial charge in [0.15, 0.2) is 0 Å². The Hall–Kier alpha value is -6.44. The zero-order valence-corrected chi connectivity index (χ0v) is 25.4. The van der Waals surface area contributed by atoms with Crippen LogP contribution in [-0.4, -0.2) is 0 Å². The summed E-state index contributed by atoms with van der Waals surface area (Å²) in [5.41, 5.74) is -7.36. The summed E-state index contributed by atoms with van der Waals surface area (Å²) in [6.45, 7) is 1.21. The second kappa shape index (κ2) is 11.3. The highest BCUT2D eigenvalue weighted by molar-refractivity contribution is 6.26. The molecule has 0 fully saturated rings. The van der Waals surface area contributed by atoms with Crippen molar-refractivity contribution < 1.29 is 44.2 Å². The predicted molar refractivity (Wildman–Crippen MR) is 213 cm³/mol. The number of hydrogen-bond acceptors (Lipinski definition) is 1. The summed E-state index contributed by atoms with van der Waals surface area (Å²) in [5.74, 6) is 0. The Morgan fingerprint density at radius 2 is 1.00 bits per heavy atom. The lowest BCUT2D eigenvalue weighted by Crippen LogP contribution is -1.92. The third kappa shape index (κ3) is 4.41. The molecule has 0 unspecified atom stereocenters. The monoisotopic (exact) mass is 665 g/mol. The molecule has 0 aliphatic rings. The van der Waals surface area contributed by atoms with Crippen molar-refractivity contribution >= 4 is 54.3 Å². The number of fused-ring (bicyclic) bond motifs is 6. The molecule has 0 spiro atoms. The molecule has 0 atom stereocenters. The Morgan fingerprint density at radius 3 is 1.76 bits per heavy atom. The van der Waals surface area contributed by atoms with Gasteiger partial charge in [-0.25, -0.2) is 0 Å². The van der Waals surface area contributed by atoms with Gasteiger partial charge in [-0.1, -0.05) is 157 Å². The molecular formula is C49H32O. The van der Waals surface area contributed by atoms with E-state index in [1.165, 1.54) is 6.92 Å². The van der Waals surface area contributed by atoms with E-state index < -0.39 is 274 Å². The van der Waals surface area contributed by atoms with Crippen molar-refractivity contribution in [3.8, 4) is 44.5 Å². The normalized spacial score (nSPS) is 19.8. The summed E-state index contributed by atoms with van der Waals surface area (Å²) in [6.07, 6.45) is 0. The van der Waals surface area contributed by atoms with Crippen molar-refractivity contribution in [2.24, 2.45) is 0 Å². The van der Waals surface area contributed by atoms with Gasteiger partial charge in [0.1, 0.15) is 11.2 Å². The minimum absolute atomic E-state index is 0.306. The summed E-state index contributed by atoms with van der Waals surface area (Å²) in [6, 6.07) is -26.6. The van der Waals surface area contributed by atoms with Crippen LogP contribution in [0.2, 0.25) is 0 Å². The topological polar surface area (TPSA) is 13.1 Å². The van der Waals surface area contributed by atoms with Gasteiger partial charge in [0.05, 0.1) is 39.8 Å². The second-order valence-corrected chi connectivity index (χ2v) is 11.0. The van der Waals surface area contributed by atoms with E-state index in [9.17, 15) is 15.1 Å². The molecule has 234 valence electrons. The van der Waals surface area contributed by atoms with Crippen LogP contribution in [0.4, 0.5) is 0 Å². The van der Waals surface area contributed by atoms with E-state index in [4.69, 9.17) is 29.1 Å². The van der Waals surface area contributed by atoms with Crippen LogP contribution in [0, 0.1) is 6.92 Å². The highest BCUT2D eigenvalue weighted by atomic mass is 16.3. The molecule has 10 rings (SSSR count). The zero-order chi connectivity index (χ0) is 58.4. The van der Waals surface area contributed by atoms with Gasteiger partial charge in [0, 0.05) is 16.3 Å². The fourth-order valence-corrected chi connectivity index (χ4v) is 6.09. The fraction of sp³-hybridized carbons (Fsp3) is 0.0204. The van der Waals surface area contributed by atoms with E-state index in [-0.39, 0.29) is 5.56 Å². The van der Waals surface area contributed by atoms with Crippen molar-refractivity contribution in [2.75, 3.05) is 0 Å². The highest BCUT2D eigenvalue weighted by Crippen LogP contribution is 2.48. The molecule has 1 nitrogen and oxygen atoms in total. The molecule has 1 aromatic heterocycles. The number of para-hydroxylation sites is 1. The van der Waals surface area contributed by atoms with Gasteiger partial charge in [-0.15, -0.1) is 0 Å². The lowest BCUT2D eigenvalue weighted by Gasteiger charge is -2.19. The van der Waals surface area contributed by atoms with Crippen LogP contribution in [0.25, 0.3) is 98.8 Å². The minimum Gasteiger partial charge on any atom is -0.455 e. The SMILES string of the molecule is [2H]c1c([2H])c([2H])c(-c2c([2H])c([2H])c([2H])c3c2oc2c([2H])c([2H])c([2H])c(-c4c5c([2H])c([2H])c([2H])c([2H])c5c(-c5c([2H])c([2H])c(C)c(-c6c([2H])c([2H])c7c([2H])c([2H])c([2H])c([2H])c7c6[2H])c5[2H])c5c([2H])c([2H])c([2H])c([2H])c45)c23)c([2H])c1[2H]. The van der Waals surface area contributed by atoms with Crippen LogP contribution in [-0.2, 0) is 0 Å². The molecule has 0 saturated heterocycles. The molecule has 0 saturated carbocycles. The Morgan fingerprint density at radius 1 is 0.400 bits per heavy atom. The van der Waals surface area contributed by atoms with E-state index in [0.29, 0.717) is 0 Å². The fourth-order valence-electron chi connectivity index (χ4n) is 6.09. The van der Waals surface area contributed by atoms with E-state index in [2.05, 4.69) is 0 Å². The van der Waals surface area contributed by atoms with E-state index in [1.807, 2.05) is 0 Å². The Bertz CT molecular complexity index is 4490. The molecule has 0 aliphatic carbocycles. The maximum Gasteiger partial charge on any atom is 0.143 e. The van der Waals surface area contributed by atoms with Gasteiger partial charge in [-0.3, -0.25) is 0 Å². The molecule has 9 aromatic carbocycles. The quantitative estimate of drug-likeness (QED) is 0.171. The van der Waals surface area contributed by atoms with Crippen LogP contribution in [0.1, 0.15) is 45.3 Å². The predicted octanol–water partition coefficient (Wildman–Crippen LogP) is 14.0.